The van der Waals surface area contributed by atoms with Crippen molar-refractivity contribution in [2.24, 2.45) is 11.8 Å². The van der Waals surface area contributed by atoms with Gasteiger partial charge in [-0.1, -0.05) is 45.2 Å². The summed E-state index contributed by atoms with van der Waals surface area (Å²) in [6, 6.07) is 0. The third-order valence-corrected chi connectivity index (χ3v) is 13.1. The zero-order valence-corrected chi connectivity index (χ0v) is 19.3. The van der Waals surface area contributed by atoms with E-state index in [1.807, 2.05) is 0 Å². The molecule has 2 heterocycles. The first kappa shape index (κ1) is 17.8. The van der Waals surface area contributed by atoms with Gasteiger partial charge in [0.1, 0.15) is 0 Å². The van der Waals surface area contributed by atoms with Gasteiger partial charge in [-0.2, -0.15) is 0 Å². The zero-order valence-electron chi connectivity index (χ0n) is 15.0. The van der Waals surface area contributed by atoms with Gasteiger partial charge in [0.25, 0.3) is 0 Å². The topological polar surface area (TPSA) is 0 Å². The van der Waals surface area contributed by atoms with Crippen molar-refractivity contribution >= 4 is 45.2 Å². The molecule has 4 rings (SSSR count). The van der Waals surface area contributed by atoms with E-state index < -0.39 is 0 Å². The minimum atomic E-state index is 0.539. The SMILES string of the molecule is C[N+]1(CC2C3CCC(I)(C3)C2(I)C[N+]2(C)CCCC2)CCCC1. The fourth-order valence-electron chi connectivity index (χ4n) is 6.58. The minimum absolute atomic E-state index is 0.539. The van der Waals surface area contributed by atoms with Crippen LogP contribution in [0, 0.1) is 11.8 Å². The highest BCUT2D eigenvalue weighted by Gasteiger charge is 2.68. The highest BCUT2D eigenvalue weighted by atomic mass is 127. The molecule has 132 valence electrons. The molecule has 0 amide bonds. The molecule has 0 aromatic carbocycles. The summed E-state index contributed by atoms with van der Waals surface area (Å²) in [5, 5.41) is 0. The molecule has 4 atom stereocenters. The number of likely N-dealkylation sites (tertiary alicyclic amines) is 2. The van der Waals surface area contributed by atoms with Crippen molar-refractivity contribution in [3.8, 4) is 0 Å². The van der Waals surface area contributed by atoms with Gasteiger partial charge in [-0.3, -0.25) is 0 Å². The quantitative estimate of drug-likeness (QED) is 0.282. The number of rotatable bonds is 4. The van der Waals surface area contributed by atoms with Crippen molar-refractivity contribution in [2.45, 2.75) is 51.8 Å². The number of halogens is 2. The van der Waals surface area contributed by atoms with Crippen LogP contribution in [-0.2, 0) is 0 Å². The largest absolute Gasteiger partial charge is 0.326 e. The normalized spacial score (nSPS) is 47.5. The maximum Gasteiger partial charge on any atom is 0.0951 e. The van der Waals surface area contributed by atoms with Crippen LogP contribution in [0.5, 0.6) is 0 Å². The molecule has 4 fully saturated rings. The lowest BCUT2D eigenvalue weighted by atomic mass is 9.77. The van der Waals surface area contributed by atoms with E-state index in [4.69, 9.17) is 0 Å². The van der Waals surface area contributed by atoms with Crippen LogP contribution < -0.4 is 0 Å². The molecule has 0 spiro atoms. The van der Waals surface area contributed by atoms with E-state index in [1.165, 1.54) is 93.2 Å². The summed E-state index contributed by atoms with van der Waals surface area (Å²) in [4.78, 5) is 0. The van der Waals surface area contributed by atoms with Gasteiger partial charge in [0, 0.05) is 35.0 Å². The van der Waals surface area contributed by atoms with Crippen molar-refractivity contribution in [2.75, 3.05) is 53.4 Å². The monoisotopic (exact) mass is 544 g/mol. The second-order valence-corrected chi connectivity index (χ2v) is 13.8. The zero-order chi connectivity index (χ0) is 16.3. The van der Waals surface area contributed by atoms with Gasteiger partial charge in [0.05, 0.1) is 56.8 Å². The number of alkyl halides is 2. The van der Waals surface area contributed by atoms with Crippen molar-refractivity contribution < 1.29 is 8.97 Å². The lowest BCUT2D eigenvalue weighted by molar-refractivity contribution is -0.908. The third-order valence-electron chi connectivity index (χ3n) is 7.94. The minimum Gasteiger partial charge on any atom is -0.326 e. The summed E-state index contributed by atoms with van der Waals surface area (Å²) in [6.07, 6.45) is 10.4. The molecule has 0 radical (unpaired) electrons. The van der Waals surface area contributed by atoms with Crippen molar-refractivity contribution in [1.82, 2.24) is 0 Å². The Hall–Kier alpha value is 1.38. The maximum absolute atomic E-state index is 3.00. The highest BCUT2D eigenvalue weighted by molar-refractivity contribution is 14.1. The van der Waals surface area contributed by atoms with Gasteiger partial charge >= 0.3 is 0 Å². The van der Waals surface area contributed by atoms with E-state index in [0.29, 0.717) is 6.84 Å². The summed E-state index contributed by atoms with van der Waals surface area (Å²) in [7, 11) is 5.12. The standard InChI is InChI=1S/C19H34I2N2/c1-22(9-3-4-10-22)14-17-16-7-8-18(20,13-16)19(17,21)15-23(2)11-5-6-12-23/h16-17H,3-15H2,1-2H3/q+2. The van der Waals surface area contributed by atoms with Crippen molar-refractivity contribution in [1.29, 1.82) is 0 Å². The van der Waals surface area contributed by atoms with Gasteiger partial charge in [0.2, 0.25) is 0 Å². The van der Waals surface area contributed by atoms with E-state index in [0.717, 1.165) is 11.8 Å². The summed E-state index contributed by atoms with van der Waals surface area (Å²) in [5.41, 5.74) is 0. The summed E-state index contributed by atoms with van der Waals surface area (Å²) >= 11 is 5.92. The average Bonchev–Trinajstić information content (AvgIpc) is 3.20. The first-order chi connectivity index (χ1) is 10.8. The molecule has 2 bridgehead atoms. The molecule has 0 aromatic rings. The molecule has 2 saturated carbocycles. The van der Waals surface area contributed by atoms with E-state index in [9.17, 15) is 0 Å². The lowest BCUT2D eigenvalue weighted by Gasteiger charge is -2.49. The Kier molecular flexibility index (Phi) is 4.60. The molecular formula is C19H34I2N2+2. The Morgan fingerprint density at radius 1 is 0.913 bits per heavy atom. The van der Waals surface area contributed by atoms with Crippen LogP contribution in [0.2, 0.25) is 0 Å². The predicted molar refractivity (Wildman–Crippen MR) is 114 cm³/mol. The Labute approximate surface area is 170 Å². The fourth-order valence-corrected chi connectivity index (χ4v) is 10.0. The van der Waals surface area contributed by atoms with Crippen LogP contribution in [0.15, 0.2) is 0 Å². The smallest absolute Gasteiger partial charge is 0.0951 e. The molecule has 4 unspecified atom stereocenters. The van der Waals surface area contributed by atoms with Crippen LogP contribution >= 0.6 is 45.2 Å². The average molecular weight is 544 g/mol. The fraction of sp³-hybridized carbons (Fsp3) is 1.00. The molecular weight excluding hydrogens is 510 g/mol. The number of fused-ring (bicyclic) bond motifs is 2. The number of nitrogens with zero attached hydrogens (tertiary/aromatic N) is 2. The summed E-state index contributed by atoms with van der Waals surface area (Å²) < 4.78 is 3.86. The number of hydrogen-bond donors (Lipinski definition) is 0. The van der Waals surface area contributed by atoms with Crippen molar-refractivity contribution in [3.63, 3.8) is 0 Å². The van der Waals surface area contributed by atoms with Crippen LogP contribution in [0.3, 0.4) is 0 Å². The maximum atomic E-state index is 3.00. The second-order valence-electron chi connectivity index (χ2n) is 9.83. The van der Waals surface area contributed by atoms with Gasteiger partial charge in [0.15, 0.2) is 0 Å². The summed E-state index contributed by atoms with van der Waals surface area (Å²) in [6.45, 7) is 8.66. The predicted octanol–water partition coefficient (Wildman–Crippen LogP) is 4.24. The lowest BCUT2D eigenvalue weighted by Crippen LogP contribution is -2.62. The number of quaternary nitrogens is 2. The van der Waals surface area contributed by atoms with E-state index in [2.05, 4.69) is 59.3 Å². The Bertz CT molecular complexity index is 470. The van der Waals surface area contributed by atoms with Crippen LogP contribution in [0.1, 0.15) is 44.9 Å². The Morgan fingerprint density at radius 2 is 1.48 bits per heavy atom. The Morgan fingerprint density at radius 3 is 2.09 bits per heavy atom. The first-order valence-corrected chi connectivity index (χ1v) is 12.0. The summed E-state index contributed by atoms with van der Waals surface area (Å²) in [5.74, 6) is 1.99. The first-order valence-electron chi connectivity index (χ1n) is 9.83. The highest BCUT2D eigenvalue weighted by Crippen LogP contribution is 2.66. The van der Waals surface area contributed by atoms with Crippen LogP contribution in [0.4, 0.5) is 0 Å². The number of hydrogen-bond acceptors (Lipinski definition) is 0. The molecule has 0 aromatic heterocycles. The van der Waals surface area contributed by atoms with Gasteiger partial charge in [-0.05, 0) is 25.2 Å². The molecule has 2 aliphatic carbocycles. The molecule has 2 nitrogen and oxygen atoms in total. The van der Waals surface area contributed by atoms with Crippen LogP contribution in [-0.4, -0.2) is 69.2 Å². The van der Waals surface area contributed by atoms with Gasteiger partial charge < -0.3 is 8.97 Å². The van der Waals surface area contributed by atoms with Crippen LogP contribution in [0.25, 0.3) is 0 Å². The van der Waals surface area contributed by atoms with E-state index in [1.54, 1.807) is 0 Å². The third kappa shape index (κ3) is 2.93. The molecule has 2 saturated heterocycles. The van der Waals surface area contributed by atoms with Gasteiger partial charge in [-0.25, -0.2) is 0 Å². The van der Waals surface area contributed by atoms with Gasteiger partial charge in [-0.15, -0.1) is 0 Å². The molecule has 23 heavy (non-hydrogen) atoms. The molecule has 4 aliphatic rings. The molecule has 2 aliphatic heterocycles. The molecule has 0 N–H and O–H groups in total. The molecule has 4 heteroatoms. The Balaban J connectivity index is 1.60. The van der Waals surface area contributed by atoms with Crippen molar-refractivity contribution in [3.05, 3.63) is 0 Å². The van der Waals surface area contributed by atoms with E-state index in [-0.39, 0.29) is 0 Å². The van der Waals surface area contributed by atoms with E-state index >= 15 is 0 Å². The second kappa shape index (κ2) is 5.95.